The molecule has 0 amide bonds. The van der Waals surface area contributed by atoms with Crippen molar-refractivity contribution in [1.82, 2.24) is 5.32 Å². The quantitative estimate of drug-likeness (QED) is 0.885. The third kappa shape index (κ3) is 3.35. The van der Waals surface area contributed by atoms with E-state index in [1.165, 1.54) is 0 Å². The molecule has 0 saturated heterocycles. The van der Waals surface area contributed by atoms with Crippen LogP contribution in [0.4, 0.5) is 0 Å². The fourth-order valence-electron chi connectivity index (χ4n) is 2.06. The Bertz CT molecular complexity index is 306. The molecule has 1 aromatic heterocycles. The number of halogens is 1. The number of nitrogens with one attached hydrogen (secondary N) is 1. The van der Waals surface area contributed by atoms with E-state index in [1.54, 1.807) is 6.26 Å². The zero-order chi connectivity index (χ0) is 11.5. The molecular formula is C12H20BrNO. The predicted molar refractivity (Wildman–Crippen MR) is 67.2 cm³/mol. The SMILES string of the molecule is CCNC(C)CC(C)(C)c1occc1Br. The minimum atomic E-state index is 0.0594. The zero-order valence-corrected chi connectivity index (χ0v) is 11.5. The number of furan rings is 1. The van der Waals surface area contributed by atoms with Gasteiger partial charge < -0.3 is 9.73 Å². The monoisotopic (exact) mass is 273 g/mol. The molecule has 1 heterocycles. The Morgan fingerprint density at radius 1 is 1.53 bits per heavy atom. The molecule has 0 aromatic carbocycles. The summed E-state index contributed by atoms with van der Waals surface area (Å²) in [6.45, 7) is 9.78. The largest absolute Gasteiger partial charge is 0.468 e. The molecule has 0 spiro atoms. The third-order valence-electron chi connectivity index (χ3n) is 2.60. The molecule has 86 valence electrons. The van der Waals surface area contributed by atoms with Gasteiger partial charge in [-0.05, 0) is 41.9 Å². The second-order valence-electron chi connectivity index (χ2n) is 4.64. The fourth-order valence-corrected chi connectivity index (χ4v) is 2.79. The van der Waals surface area contributed by atoms with Gasteiger partial charge in [-0.3, -0.25) is 0 Å². The number of hydrogen-bond acceptors (Lipinski definition) is 2. The summed E-state index contributed by atoms with van der Waals surface area (Å²) >= 11 is 3.52. The van der Waals surface area contributed by atoms with Crippen LogP contribution < -0.4 is 5.32 Å². The minimum absolute atomic E-state index is 0.0594. The van der Waals surface area contributed by atoms with Gasteiger partial charge in [-0.2, -0.15) is 0 Å². The second kappa shape index (κ2) is 5.17. The van der Waals surface area contributed by atoms with E-state index >= 15 is 0 Å². The minimum Gasteiger partial charge on any atom is -0.468 e. The Balaban J connectivity index is 2.71. The average Bonchev–Trinajstić information content (AvgIpc) is 2.51. The molecule has 1 N–H and O–H groups in total. The Kier molecular flexibility index (Phi) is 4.41. The summed E-state index contributed by atoms with van der Waals surface area (Å²) in [5, 5.41) is 3.43. The van der Waals surface area contributed by atoms with E-state index in [0.717, 1.165) is 23.2 Å². The van der Waals surface area contributed by atoms with Crippen LogP contribution in [0, 0.1) is 0 Å². The summed E-state index contributed by atoms with van der Waals surface area (Å²) in [7, 11) is 0. The van der Waals surface area contributed by atoms with Gasteiger partial charge in [0.1, 0.15) is 5.76 Å². The fraction of sp³-hybridized carbons (Fsp3) is 0.667. The van der Waals surface area contributed by atoms with Crippen molar-refractivity contribution >= 4 is 15.9 Å². The molecule has 3 heteroatoms. The Labute approximate surface area is 101 Å². The maximum Gasteiger partial charge on any atom is 0.123 e. The lowest BCUT2D eigenvalue weighted by Crippen LogP contribution is -2.33. The van der Waals surface area contributed by atoms with Crippen molar-refractivity contribution in [3.8, 4) is 0 Å². The van der Waals surface area contributed by atoms with Gasteiger partial charge >= 0.3 is 0 Å². The molecule has 0 fully saturated rings. The first-order valence-electron chi connectivity index (χ1n) is 5.44. The molecule has 1 aromatic rings. The maximum atomic E-state index is 5.53. The van der Waals surface area contributed by atoms with Crippen molar-refractivity contribution in [1.29, 1.82) is 0 Å². The zero-order valence-electron chi connectivity index (χ0n) is 9.93. The van der Waals surface area contributed by atoms with Crippen molar-refractivity contribution in [2.45, 2.75) is 45.6 Å². The maximum absolute atomic E-state index is 5.53. The van der Waals surface area contributed by atoms with Crippen LogP contribution in [-0.4, -0.2) is 12.6 Å². The lowest BCUT2D eigenvalue weighted by Gasteiger charge is -2.26. The van der Waals surface area contributed by atoms with Gasteiger partial charge in [0.25, 0.3) is 0 Å². The van der Waals surface area contributed by atoms with Gasteiger partial charge in [0, 0.05) is 11.5 Å². The lowest BCUT2D eigenvalue weighted by molar-refractivity contribution is 0.326. The summed E-state index contributed by atoms with van der Waals surface area (Å²) in [6, 6.07) is 2.46. The summed E-state index contributed by atoms with van der Waals surface area (Å²) in [5.74, 6) is 1.03. The molecule has 15 heavy (non-hydrogen) atoms. The van der Waals surface area contributed by atoms with Crippen molar-refractivity contribution in [2.75, 3.05) is 6.54 Å². The van der Waals surface area contributed by atoms with Crippen molar-refractivity contribution in [3.63, 3.8) is 0 Å². The molecule has 1 unspecified atom stereocenters. The Hall–Kier alpha value is -0.280. The van der Waals surface area contributed by atoms with Gasteiger partial charge in [0.2, 0.25) is 0 Å². The van der Waals surface area contributed by atoms with Gasteiger partial charge in [0.05, 0.1) is 10.7 Å². The lowest BCUT2D eigenvalue weighted by atomic mass is 9.83. The topological polar surface area (TPSA) is 25.2 Å². The van der Waals surface area contributed by atoms with Crippen LogP contribution in [0.25, 0.3) is 0 Å². The second-order valence-corrected chi connectivity index (χ2v) is 5.50. The Morgan fingerprint density at radius 3 is 2.67 bits per heavy atom. The van der Waals surface area contributed by atoms with E-state index in [-0.39, 0.29) is 5.41 Å². The van der Waals surface area contributed by atoms with Crippen molar-refractivity contribution in [3.05, 3.63) is 22.6 Å². The van der Waals surface area contributed by atoms with E-state index in [1.807, 2.05) is 6.07 Å². The van der Waals surface area contributed by atoms with E-state index in [0.29, 0.717) is 6.04 Å². The van der Waals surface area contributed by atoms with Crippen LogP contribution in [0.15, 0.2) is 21.2 Å². The standard InChI is InChI=1S/C12H20BrNO/c1-5-14-9(2)8-12(3,4)11-10(13)6-7-15-11/h6-7,9,14H,5,8H2,1-4H3. The Morgan fingerprint density at radius 2 is 2.20 bits per heavy atom. The first kappa shape index (κ1) is 12.8. The van der Waals surface area contributed by atoms with Crippen LogP contribution >= 0.6 is 15.9 Å². The smallest absolute Gasteiger partial charge is 0.123 e. The summed E-state index contributed by atoms with van der Waals surface area (Å²) < 4.78 is 6.60. The van der Waals surface area contributed by atoms with Crippen LogP contribution in [0.2, 0.25) is 0 Å². The molecule has 0 saturated carbocycles. The predicted octanol–water partition coefficient (Wildman–Crippen LogP) is 3.71. The summed E-state index contributed by atoms with van der Waals surface area (Å²) in [6.07, 6.45) is 2.80. The number of hydrogen-bond donors (Lipinski definition) is 1. The first-order valence-corrected chi connectivity index (χ1v) is 6.23. The average molecular weight is 274 g/mol. The summed E-state index contributed by atoms with van der Waals surface area (Å²) in [5.41, 5.74) is 0.0594. The van der Waals surface area contributed by atoms with Gasteiger partial charge in [-0.25, -0.2) is 0 Å². The molecule has 0 bridgehead atoms. The highest BCUT2D eigenvalue weighted by molar-refractivity contribution is 9.10. The van der Waals surface area contributed by atoms with Crippen LogP contribution in [0.5, 0.6) is 0 Å². The van der Waals surface area contributed by atoms with Crippen LogP contribution in [-0.2, 0) is 5.41 Å². The van der Waals surface area contributed by atoms with Crippen molar-refractivity contribution in [2.24, 2.45) is 0 Å². The molecule has 2 nitrogen and oxygen atoms in total. The van der Waals surface area contributed by atoms with E-state index < -0.39 is 0 Å². The normalized spacial score (nSPS) is 14.2. The highest BCUT2D eigenvalue weighted by Crippen LogP contribution is 2.34. The van der Waals surface area contributed by atoms with Gasteiger partial charge in [0.15, 0.2) is 0 Å². The molecule has 1 rings (SSSR count). The molecule has 0 aliphatic rings. The van der Waals surface area contributed by atoms with Gasteiger partial charge in [-0.1, -0.05) is 20.8 Å². The molecular weight excluding hydrogens is 254 g/mol. The molecule has 0 aliphatic carbocycles. The highest BCUT2D eigenvalue weighted by atomic mass is 79.9. The third-order valence-corrected chi connectivity index (χ3v) is 3.23. The van der Waals surface area contributed by atoms with E-state index in [9.17, 15) is 0 Å². The van der Waals surface area contributed by atoms with E-state index in [2.05, 4.69) is 48.9 Å². The van der Waals surface area contributed by atoms with Gasteiger partial charge in [-0.15, -0.1) is 0 Å². The molecule has 0 radical (unpaired) electrons. The highest BCUT2D eigenvalue weighted by Gasteiger charge is 2.28. The van der Waals surface area contributed by atoms with E-state index in [4.69, 9.17) is 4.42 Å². The van der Waals surface area contributed by atoms with Crippen molar-refractivity contribution < 1.29 is 4.42 Å². The molecule has 0 aliphatic heterocycles. The van der Waals surface area contributed by atoms with Crippen LogP contribution in [0.1, 0.15) is 39.9 Å². The summed E-state index contributed by atoms with van der Waals surface area (Å²) in [4.78, 5) is 0. The van der Waals surface area contributed by atoms with Crippen LogP contribution in [0.3, 0.4) is 0 Å². The number of rotatable bonds is 5. The first-order chi connectivity index (χ1) is 6.97. The molecule has 1 atom stereocenters.